The highest BCUT2D eigenvalue weighted by Crippen LogP contribution is 2.19. The summed E-state index contributed by atoms with van der Waals surface area (Å²) in [7, 11) is 0. The van der Waals surface area contributed by atoms with Crippen molar-refractivity contribution in [1.29, 1.82) is 0 Å². The highest BCUT2D eigenvalue weighted by atomic mass is 16.6. The molecule has 0 bridgehead atoms. The van der Waals surface area contributed by atoms with E-state index in [2.05, 4.69) is 5.32 Å². The normalized spacial score (nSPS) is 29.4. The van der Waals surface area contributed by atoms with Crippen molar-refractivity contribution >= 4 is 6.09 Å². The van der Waals surface area contributed by atoms with E-state index in [-0.39, 0.29) is 18.8 Å². The molecule has 1 atom stereocenters. The van der Waals surface area contributed by atoms with Gasteiger partial charge in [0, 0.05) is 6.04 Å². The van der Waals surface area contributed by atoms with Gasteiger partial charge in [0.05, 0.1) is 13.2 Å². The first-order valence-corrected chi connectivity index (χ1v) is 5.10. The lowest BCUT2D eigenvalue weighted by Crippen LogP contribution is -2.43. The summed E-state index contributed by atoms with van der Waals surface area (Å²) in [5.74, 6) is 0. The van der Waals surface area contributed by atoms with E-state index in [0.29, 0.717) is 12.6 Å². The van der Waals surface area contributed by atoms with Crippen LogP contribution in [0.4, 0.5) is 4.79 Å². The van der Waals surface area contributed by atoms with Crippen molar-refractivity contribution in [3.05, 3.63) is 0 Å². The van der Waals surface area contributed by atoms with Gasteiger partial charge < -0.3 is 20.1 Å². The van der Waals surface area contributed by atoms with Crippen LogP contribution < -0.4 is 5.32 Å². The fourth-order valence-corrected chi connectivity index (χ4v) is 2.05. The lowest BCUT2D eigenvalue weighted by Gasteiger charge is -2.29. The molecule has 5 nitrogen and oxygen atoms in total. The fraction of sp³-hybridized carbons (Fsp3) is 0.889. The number of aliphatic hydroxyl groups excluding tert-OH is 1. The van der Waals surface area contributed by atoms with Gasteiger partial charge in [-0.05, 0) is 25.9 Å². The molecule has 1 amide bonds. The van der Waals surface area contributed by atoms with Crippen molar-refractivity contribution in [2.24, 2.45) is 0 Å². The summed E-state index contributed by atoms with van der Waals surface area (Å²) >= 11 is 0. The first-order valence-electron chi connectivity index (χ1n) is 5.10. The van der Waals surface area contributed by atoms with E-state index in [1.165, 1.54) is 0 Å². The lowest BCUT2D eigenvalue weighted by atomic mass is 10.1. The number of nitrogens with one attached hydrogen (secondary N) is 1. The number of amides is 1. The molecule has 2 N–H and O–H groups in total. The average Bonchev–Trinajstić information content (AvgIpc) is 2.61. The Morgan fingerprint density at radius 2 is 2.21 bits per heavy atom. The van der Waals surface area contributed by atoms with E-state index in [4.69, 9.17) is 9.84 Å². The molecule has 0 saturated carbocycles. The molecule has 0 aromatic rings. The summed E-state index contributed by atoms with van der Waals surface area (Å²) < 4.78 is 4.99. The number of carbonyl (C=O) groups is 1. The Hall–Kier alpha value is -0.810. The van der Waals surface area contributed by atoms with Crippen LogP contribution in [0.3, 0.4) is 0 Å². The van der Waals surface area contributed by atoms with Gasteiger partial charge in [-0.2, -0.15) is 0 Å². The summed E-state index contributed by atoms with van der Waals surface area (Å²) in [6.45, 7) is 2.38. The van der Waals surface area contributed by atoms with E-state index < -0.39 is 0 Å². The molecule has 2 aliphatic rings. The second-order valence-corrected chi connectivity index (χ2v) is 3.82. The van der Waals surface area contributed by atoms with Crippen molar-refractivity contribution in [3.63, 3.8) is 0 Å². The zero-order valence-corrected chi connectivity index (χ0v) is 8.11. The first kappa shape index (κ1) is 9.73. The van der Waals surface area contributed by atoms with Gasteiger partial charge in [0.25, 0.3) is 0 Å². The smallest absolute Gasteiger partial charge is 0.410 e. The zero-order valence-electron chi connectivity index (χ0n) is 8.11. The second-order valence-electron chi connectivity index (χ2n) is 3.82. The average molecular weight is 200 g/mol. The molecule has 14 heavy (non-hydrogen) atoms. The van der Waals surface area contributed by atoms with Crippen LogP contribution in [0.2, 0.25) is 0 Å². The van der Waals surface area contributed by atoms with Crippen LogP contribution in [0.15, 0.2) is 0 Å². The van der Waals surface area contributed by atoms with Gasteiger partial charge in [-0.25, -0.2) is 4.79 Å². The Morgan fingerprint density at radius 1 is 1.50 bits per heavy atom. The van der Waals surface area contributed by atoms with Crippen LogP contribution in [-0.2, 0) is 4.74 Å². The van der Waals surface area contributed by atoms with Crippen LogP contribution in [0.1, 0.15) is 12.8 Å². The fourth-order valence-electron chi connectivity index (χ4n) is 2.05. The topological polar surface area (TPSA) is 61.8 Å². The largest absolute Gasteiger partial charge is 0.442 e. The van der Waals surface area contributed by atoms with Crippen molar-refractivity contribution in [3.8, 4) is 0 Å². The van der Waals surface area contributed by atoms with Crippen LogP contribution in [-0.4, -0.2) is 54.5 Å². The Bertz CT molecular complexity index is 216. The van der Waals surface area contributed by atoms with Gasteiger partial charge in [0.2, 0.25) is 0 Å². The molecular formula is C9H16N2O3. The number of ether oxygens (including phenoxy) is 1. The monoisotopic (exact) mass is 200 g/mol. The molecule has 0 aliphatic carbocycles. The molecule has 80 valence electrons. The third kappa shape index (κ3) is 1.83. The van der Waals surface area contributed by atoms with E-state index in [1.54, 1.807) is 4.90 Å². The Kier molecular flexibility index (Phi) is 2.88. The zero-order chi connectivity index (χ0) is 9.97. The number of aliphatic hydroxyl groups is 1. The van der Waals surface area contributed by atoms with Gasteiger partial charge in [0.15, 0.2) is 0 Å². The maximum absolute atomic E-state index is 11.4. The van der Waals surface area contributed by atoms with Gasteiger partial charge in [-0.1, -0.05) is 0 Å². The number of hydrogen-bond donors (Lipinski definition) is 2. The number of nitrogens with zero attached hydrogens (tertiary/aromatic N) is 1. The Morgan fingerprint density at radius 3 is 2.79 bits per heavy atom. The van der Waals surface area contributed by atoms with Crippen molar-refractivity contribution in [2.45, 2.75) is 25.0 Å². The highest BCUT2D eigenvalue weighted by molar-refractivity contribution is 5.70. The summed E-state index contributed by atoms with van der Waals surface area (Å²) in [6, 6.07) is 0.292. The third-order valence-electron chi connectivity index (χ3n) is 2.86. The molecule has 2 fully saturated rings. The predicted octanol–water partition coefficient (Wildman–Crippen LogP) is -0.448. The van der Waals surface area contributed by atoms with Gasteiger partial charge in [-0.15, -0.1) is 0 Å². The third-order valence-corrected chi connectivity index (χ3v) is 2.86. The van der Waals surface area contributed by atoms with Crippen LogP contribution in [0.25, 0.3) is 0 Å². The number of hydrogen-bond acceptors (Lipinski definition) is 4. The second kappa shape index (κ2) is 4.14. The minimum absolute atomic E-state index is 0.0762. The minimum atomic E-state index is -0.322. The molecule has 0 aromatic carbocycles. The maximum atomic E-state index is 11.4. The van der Waals surface area contributed by atoms with E-state index in [0.717, 1.165) is 25.9 Å². The van der Waals surface area contributed by atoms with Crippen LogP contribution in [0, 0.1) is 0 Å². The molecule has 2 aliphatic heterocycles. The van der Waals surface area contributed by atoms with Gasteiger partial charge in [-0.3, -0.25) is 0 Å². The quantitative estimate of drug-likeness (QED) is 0.634. The van der Waals surface area contributed by atoms with E-state index >= 15 is 0 Å². The summed E-state index contributed by atoms with van der Waals surface area (Å²) in [4.78, 5) is 13.2. The van der Waals surface area contributed by atoms with Gasteiger partial charge in [0.1, 0.15) is 6.10 Å². The Balaban J connectivity index is 1.93. The summed E-state index contributed by atoms with van der Waals surface area (Å²) in [5.41, 5.74) is 0. The molecule has 2 rings (SSSR count). The first-order chi connectivity index (χ1) is 6.81. The van der Waals surface area contributed by atoms with Crippen LogP contribution in [0.5, 0.6) is 0 Å². The highest BCUT2D eigenvalue weighted by Gasteiger charge is 2.35. The SMILES string of the molecule is O=C1O[C@@H](CO)CN1C1CCNCC1. The molecule has 2 heterocycles. The van der Waals surface area contributed by atoms with E-state index in [1.807, 2.05) is 0 Å². The molecule has 0 spiro atoms. The molecule has 2 saturated heterocycles. The Labute approximate surface area is 83.0 Å². The van der Waals surface area contributed by atoms with Crippen molar-refractivity contribution in [1.82, 2.24) is 10.2 Å². The predicted molar refractivity (Wildman–Crippen MR) is 50.0 cm³/mol. The summed E-state index contributed by atoms with van der Waals surface area (Å²) in [5, 5.41) is 12.1. The number of piperidine rings is 1. The van der Waals surface area contributed by atoms with E-state index in [9.17, 15) is 4.79 Å². The molecule has 5 heteroatoms. The number of cyclic esters (lactones) is 1. The lowest BCUT2D eigenvalue weighted by molar-refractivity contribution is 0.0935. The molecule has 0 radical (unpaired) electrons. The standard InChI is InChI=1S/C9H16N2O3/c12-6-8-5-11(9(13)14-8)7-1-3-10-4-2-7/h7-8,10,12H,1-6H2/t8-/m1/s1. The molecule has 0 aromatic heterocycles. The van der Waals surface area contributed by atoms with Crippen LogP contribution >= 0.6 is 0 Å². The van der Waals surface area contributed by atoms with Crippen molar-refractivity contribution < 1.29 is 14.6 Å². The summed E-state index contributed by atoms with van der Waals surface area (Å²) in [6.07, 6.45) is 1.37. The number of rotatable bonds is 2. The number of carbonyl (C=O) groups excluding carboxylic acids is 1. The van der Waals surface area contributed by atoms with Crippen molar-refractivity contribution in [2.75, 3.05) is 26.2 Å². The molecule has 0 unspecified atom stereocenters. The molecular weight excluding hydrogens is 184 g/mol. The van der Waals surface area contributed by atoms with Gasteiger partial charge >= 0.3 is 6.09 Å². The maximum Gasteiger partial charge on any atom is 0.410 e. The minimum Gasteiger partial charge on any atom is -0.442 e.